The lowest BCUT2D eigenvalue weighted by Crippen LogP contribution is -2.50. The zero-order chi connectivity index (χ0) is 47.1. The minimum atomic E-state index is -0.162. The van der Waals surface area contributed by atoms with Gasteiger partial charge in [-0.15, -0.1) is 0 Å². The van der Waals surface area contributed by atoms with Gasteiger partial charge in [-0.05, 0) is 124 Å². The van der Waals surface area contributed by atoms with Gasteiger partial charge < -0.3 is 19.4 Å². The number of rotatable bonds is 4. The van der Waals surface area contributed by atoms with E-state index in [9.17, 15) is 0 Å². The van der Waals surface area contributed by atoms with Gasteiger partial charge in [-0.25, -0.2) is 0 Å². The fourth-order valence-electron chi connectivity index (χ4n) is 15.4. The largest absolute Gasteiger partial charge is 0.485 e. The molecule has 9 atom stereocenters. The third kappa shape index (κ3) is 5.71. The molecule has 0 radical (unpaired) electrons. The van der Waals surface area contributed by atoms with Crippen LogP contribution in [0.5, 0.6) is 5.75 Å². The lowest BCUT2D eigenvalue weighted by molar-refractivity contribution is 0.118. The van der Waals surface area contributed by atoms with Gasteiger partial charge in [0, 0.05) is 52.5 Å². The monoisotopic (exact) mass is 911 g/mol. The van der Waals surface area contributed by atoms with Crippen LogP contribution in [-0.2, 0) is 17.3 Å². The zero-order valence-corrected chi connectivity index (χ0v) is 42.4. The lowest BCUT2D eigenvalue weighted by atomic mass is 9.70. The van der Waals surface area contributed by atoms with E-state index in [1.54, 1.807) is 11.3 Å². The van der Waals surface area contributed by atoms with E-state index in [0.717, 1.165) is 50.8 Å². The second-order valence-electron chi connectivity index (χ2n) is 25.2. The Morgan fingerprint density at radius 2 is 1.59 bits per heavy atom. The summed E-state index contributed by atoms with van der Waals surface area (Å²) in [5.74, 6) is 4.02. The highest BCUT2D eigenvalue weighted by atomic mass is 16.5. The van der Waals surface area contributed by atoms with Crippen molar-refractivity contribution in [3.8, 4) is 5.75 Å². The summed E-state index contributed by atoms with van der Waals surface area (Å²) in [6.07, 6.45) is 38.0. The van der Waals surface area contributed by atoms with Crippen LogP contribution in [0.2, 0.25) is 0 Å². The smallest absolute Gasteiger partial charge is 0.125 e. The van der Waals surface area contributed by atoms with Crippen LogP contribution in [0.3, 0.4) is 0 Å². The van der Waals surface area contributed by atoms with Crippen molar-refractivity contribution in [1.29, 1.82) is 0 Å². The quantitative estimate of drug-likeness (QED) is 0.204. The van der Waals surface area contributed by atoms with E-state index in [1.807, 2.05) is 0 Å². The Morgan fingerprint density at radius 3 is 2.35 bits per heavy atom. The van der Waals surface area contributed by atoms with Gasteiger partial charge in [-0.1, -0.05) is 159 Å². The fourth-order valence-corrected chi connectivity index (χ4v) is 15.4. The summed E-state index contributed by atoms with van der Waals surface area (Å²) in [5.41, 5.74) is 15.5. The number of allylic oxidation sites excluding steroid dienone is 13. The van der Waals surface area contributed by atoms with Gasteiger partial charge >= 0.3 is 0 Å². The molecule has 14 rings (SSSR count). The van der Waals surface area contributed by atoms with Gasteiger partial charge in [0.25, 0.3) is 0 Å². The standard InChI is InChI=1S/C64H70N4O/c1-38-28-29-51-55-56-57(60-66(49-26-18-19-27-50(49)67(51)60)44-33-40(39-20-12-10-13-21-39)32-43(34-44)63(8,9)41-22-14-11-15-23-41)64(56)37-46-52(69-59(38)55)36-47(62(5,6)7)54-45-24-16-17-25-48(45)68(58(46)54)53-35-42(61(2,3)4)30-31-65(53)64/h10-12,14-20,22,24-27,30,32-36,38,41,49-50,56-57,59-60H,13,21,23,28-29,31,37H2,1-9H3. The van der Waals surface area contributed by atoms with Gasteiger partial charge in [0.15, 0.2) is 0 Å². The molecule has 2 fully saturated rings. The van der Waals surface area contributed by atoms with Crippen LogP contribution >= 0.6 is 0 Å². The first-order valence-corrected chi connectivity index (χ1v) is 26.6. The molecule has 5 nitrogen and oxygen atoms in total. The van der Waals surface area contributed by atoms with Crippen LogP contribution in [0, 0.1) is 29.1 Å². The van der Waals surface area contributed by atoms with Crippen molar-refractivity contribution < 1.29 is 4.74 Å². The number of hydrogen-bond acceptors (Lipinski definition) is 4. The molecule has 9 unspecified atom stereocenters. The minimum absolute atomic E-state index is 0.00599. The van der Waals surface area contributed by atoms with Crippen LogP contribution in [0.25, 0.3) is 33.2 Å². The molecule has 5 aliphatic carbocycles. The fraction of sp³-hybridized carbons (Fsp3) is 0.438. The number of para-hydroxylation sites is 1. The van der Waals surface area contributed by atoms with E-state index in [1.165, 1.54) is 66.7 Å². The number of ether oxygens (including phenoxy) is 1. The second-order valence-corrected chi connectivity index (χ2v) is 25.2. The molecule has 1 aromatic heterocycles. The SMILES string of the molecule is CC1CCC2=C3C1Oc1cc(C(C)(C)C)c4c5ccccc5n5c4c1CC1(C3C1C1N2C2C=CC=CC2N1c1cc(C2=CC=CCC2)cc(C(C)(C)C2C=CC=CC2)c1)N1CC=C(C(C)(C)C)C=C15. The van der Waals surface area contributed by atoms with Gasteiger partial charge in [0.2, 0.25) is 0 Å². The summed E-state index contributed by atoms with van der Waals surface area (Å²) in [4.78, 5) is 8.93. The highest BCUT2D eigenvalue weighted by Crippen LogP contribution is 2.73. The molecule has 1 spiro atoms. The van der Waals surface area contributed by atoms with Crippen LogP contribution in [0.1, 0.15) is 117 Å². The number of nitrogens with zero attached hydrogens (tertiary/aromatic N) is 4. The Hall–Kier alpha value is -5.68. The van der Waals surface area contributed by atoms with Crippen molar-refractivity contribution in [2.24, 2.45) is 29.1 Å². The zero-order valence-electron chi connectivity index (χ0n) is 42.4. The van der Waals surface area contributed by atoms with E-state index in [2.05, 4.69) is 209 Å². The first-order chi connectivity index (χ1) is 33.2. The average Bonchev–Trinajstić information content (AvgIpc) is 3.72. The maximum absolute atomic E-state index is 7.87. The molecule has 5 heteroatoms. The molecule has 352 valence electrons. The molecule has 6 heterocycles. The molecule has 4 aromatic rings. The summed E-state index contributed by atoms with van der Waals surface area (Å²) in [6.45, 7) is 22.8. The minimum Gasteiger partial charge on any atom is -0.485 e. The van der Waals surface area contributed by atoms with Crippen LogP contribution in [0.4, 0.5) is 5.69 Å². The van der Waals surface area contributed by atoms with E-state index < -0.39 is 0 Å². The van der Waals surface area contributed by atoms with E-state index in [4.69, 9.17) is 4.74 Å². The second kappa shape index (κ2) is 14.2. The van der Waals surface area contributed by atoms with Gasteiger partial charge in [-0.2, -0.15) is 0 Å². The van der Waals surface area contributed by atoms with E-state index in [-0.39, 0.29) is 46.1 Å². The number of benzene rings is 3. The van der Waals surface area contributed by atoms with Crippen molar-refractivity contribution >= 4 is 38.9 Å². The maximum Gasteiger partial charge on any atom is 0.125 e. The summed E-state index contributed by atoms with van der Waals surface area (Å²) < 4.78 is 10.6. The van der Waals surface area contributed by atoms with Crippen molar-refractivity contribution in [2.75, 3.05) is 11.4 Å². The number of anilines is 1. The molecule has 0 amide bonds. The molecule has 1 saturated carbocycles. The van der Waals surface area contributed by atoms with E-state index >= 15 is 0 Å². The molecule has 10 aliphatic rings. The Kier molecular flexibility index (Phi) is 8.71. The maximum atomic E-state index is 7.87. The summed E-state index contributed by atoms with van der Waals surface area (Å²) in [7, 11) is 0. The van der Waals surface area contributed by atoms with Gasteiger partial charge in [0.05, 0.1) is 28.7 Å². The molecular formula is C64H70N4O. The average molecular weight is 911 g/mol. The van der Waals surface area contributed by atoms with Crippen molar-refractivity contribution in [1.82, 2.24) is 14.4 Å². The first kappa shape index (κ1) is 42.2. The lowest BCUT2D eigenvalue weighted by Gasteiger charge is -2.45. The van der Waals surface area contributed by atoms with Gasteiger partial charge in [-0.3, -0.25) is 4.57 Å². The van der Waals surface area contributed by atoms with Crippen molar-refractivity contribution in [3.63, 3.8) is 0 Å². The van der Waals surface area contributed by atoms with E-state index in [0.29, 0.717) is 23.7 Å². The molecule has 5 aliphatic heterocycles. The predicted molar refractivity (Wildman–Crippen MR) is 286 cm³/mol. The Balaban J connectivity index is 1.05. The Morgan fingerprint density at radius 1 is 0.797 bits per heavy atom. The predicted octanol–water partition coefficient (Wildman–Crippen LogP) is 14.3. The first-order valence-electron chi connectivity index (χ1n) is 26.6. The van der Waals surface area contributed by atoms with Crippen molar-refractivity contribution in [2.45, 2.75) is 142 Å². The van der Waals surface area contributed by atoms with Crippen LogP contribution in [0.15, 0.2) is 144 Å². The highest BCUT2D eigenvalue weighted by Gasteiger charge is 2.79. The van der Waals surface area contributed by atoms with Crippen molar-refractivity contribution in [3.05, 3.63) is 167 Å². The molecule has 3 aromatic carbocycles. The molecule has 69 heavy (non-hydrogen) atoms. The number of hydrogen-bond donors (Lipinski definition) is 0. The van der Waals surface area contributed by atoms with Crippen LogP contribution in [-0.4, -0.2) is 50.8 Å². The number of fused-ring (bicyclic) bond motifs is 10. The molecule has 0 N–H and O–H groups in total. The molecule has 2 bridgehead atoms. The Bertz CT molecular complexity index is 3210. The normalized spacial score (nSPS) is 31.4. The number of aromatic nitrogens is 1. The Labute approximate surface area is 410 Å². The molecule has 1 saturated heterocycles. The molecular weight excluding hydrogens is 841 g/mol. The summed E-state index contributed by atoms with van der Waals surface area (Å²) >= 11 is 0. The third-order valence-electron chi connectivity index (χ3n) is 19.0. The third-order valence-corrected chi connectivity index (χ3v) is 19.0. The topological polar surface area (TPSA) is 23.9 Å². The van der Waals surface area contributed by atoms with Gasteiger partial charge in [0.1, 0.15) is 23.8 Å². The highest BCUT2D eigenvalue weighted by molar-refractivity contribution is 6.14. The summed E-state index contributed by atoms with van der Waals surface area (Å²) in [6, 6.07) is 20.1. The summed E-state index contributed by atoms with van der Waals surface area (Å²) in [5, 5.41) is 2.76. The van der Waals surface area contributed by atoms with Crippen LogP contribution < -0.4 is 9.64 Å².